The zero-order chi connectivity index (χ0) is 15.3. The van der Waals surface area contributed by atoms with Gasteiger partial charge in [-0.1, -0.05) is 37.0 Å². The van der Waals surface area contributed by atoms with Crippen LogP contribution in [0.4, 0.5) is 10.1 Å². The second kappa shape index (κ2) is 7.81. The van der Waals surface area contributed by atoms with Crippen molar-refractivity contribution in [2.24, 2.45) is 17.6 Å². The van der Waals surface area contributed by atoms with Gasteiger partial charge in [0.25, 0.3) is 0 Å². The molecule has 0 heterocycles. The first-order valence-electron chi connectivity index (χ1n) is 6.48. The highest BCUT2D eigenvalue weighted by atomic mass is 35.5. The zero-order valence-electron chi connectivity index (χ0n) is 11.6. The summed E-state index contributed by atoms with van der Waals surface area (Å²) in [4.78, 5) is 12.0. The van der Waals surface area contributed by atoms with Gasteiger partial charge in [0.05, 0.1) is 15.7 Å². The van der Waals surface area contributed by atoms with E-state index < -0.39 is 5.82 Å². The molecule has 0 bridgehead atoms. The van der Waals surface area contributed by atoms with Crippen molar-refractivity contribution < 1.29 is 9.18 Å². The van der Waals surface area contributed by atoms with E-state index in [1.165, 1.54) is 0 Å². The molecule has 1 amide bonds. The minimum Gasteiger partial charge on any atom is -0.330 e. The monoisotopic (exact) mass is 320 g/mol. The van der Waals surface area contributed by atoms with Gasteiger partial charge in [-0.25, -0.2) is 4.39 Å². The van der Waals surface area contributed by atoms with Crippen LogP contribution in [0.5, 0.6) is 0 Å². The molecule has 1 atom stereocenters. The van der Waals surface area contributed by atoms with Crippen molar-refractivity contribution in [3.8, 4) is 0 Å². The molecule has 1 unspecified atom stereocenters. The first kappa shape index (κ1) is 17.2. The second-order valence-electron chi connectivity index (χ2n) is 5.23. The fraction of sp³-hybridized carbons (Fsp3) is 0.500. The Balaban J connectivity index is 2.71. The molecule has 112 valence electrons. The molecule has 20 heavy (non-hydrogen) atoms. The summed E-state index contributed by atoms with van der Waals surface area (Å²) in [5, 5.41) is 2.78. The molecule has 3 nitrogen and oxygen atoms in total. The van der Waals surface area contributed by atoms with E-state index in [-0.39, 0.29) is 27.6 Å². The van der Waals surface area contributed by atoms with Crippen LogP contribution in [0.3, 0.4) is 0 Å². The molecule has 1 rings (SSSR count). The van der Waals surface area contributed by atoms with Crippen molar-refractivity contribution in [1.29, 1.82) is 0 Å². The Bertz CT molecular complexity index is 457. The summed E-state index contributed by atoms with van der Waals surface area (Å²) in [6.45, 7) is 4.60. The number of carbonyl (C=O) groups is 1. The highest BCUT2D eigenvalue weighted by Crippen LogP contribution is 2.31. The van der Waals surface area contributed by atoms with Crippen molar-refractivity contribution in [1.82, 2.24) is 0 Å². The number of nitrogens with one attached hydrogen (secondary N) is 1. The van der Waals surface area contributed by atoms with Crippen LogP contribution in [-0.4, -0.2) is 12.5 Å². The lowest BCUT2D eigenvalue weighted by Gasteiger charge is -2.17. The molecule has 0 radical (unpaired) electrons. The summed E-state index contributed by atoms with van der Waals surface area (Å²) in [5.41, 5.74) is 5.90. The van der Waals surface area contributed by atoms with Gasteiger partial charge in [0.15, 0.2) is 0 Å². The molecule has 3 N–H and O–H groups in total. The second-order valence-corrected chi connectivity index (χ2v) is 6.04. The topological polar surface area (TPSA) is 55.1 Å². The fourth-order valence-corrected chi connectivity index (χ4v) is 2.60. The van der Waals surface area contributed by atoms with Gasteiger partial charge in [0.2, 0.25) is 5.91 Å². The molecule has 1 aromatic carbocycles. The third kappa shape index (κ3) is 5.27. The minimum absolute atomic E-state index is 0.0801. The number of rotatable bonds is 6. The van der Waals surface area contributed by atoms with Gasteiger partial charge in [0.1, 0.15) is 5.82 Å². The minimum atomic E-state index is -0.544. The highest BCUT2D eigenvalue weighted by Gasteiger charge is 2.16. The average Bonchev–Trinajstić information content (AvgIpc) is 2.32. The quantitative estimate of drug-likeness (QED) is 0.829. The lowest BCUT2D eigenvalue weighted by Crippen LogP contribution is -2.23. The SMILES string of the molecule is CC(C)CC(CN)CC(=O)Nc1c(Cl)cc(F)cc1Cl. The van der Waals surface area contributed by atoms with Gasteiger partial charge in [0, 0.05) is 6.42 Å². The normalized spacial score (nSPS) is 12.6. The molecular formula is C14H19Cl2FN2O. The summed E-state index contributed by atoms with van der Waals surface area (Å²) in [7, 11) is 0. The maximum atomic E-state index is 13.1. The van der Waals surface area contributed by atoms with E-state index in [1.807, 2.05) is 0 Å². The molecule has 0 aliphatic rings. The maximum Gasteiger partial charge on any atom is 0.224 e. The van der Waals surface area contributed by atoms with Crippen LogP contribution in [0.2, 0.25) is 10.0 Å². The number of amides is 1. The van der Waals surface area contributed by atoms with E-state index in [2.05, 4.69) is 19.2 Å². The molecule has 0 aromatic heterocycles. The van der Waals surface area contributed by atoms with Crippen LogP contribution in [0.1, 0.15) is 26.7 Å². The Hall–Kier alpha value is -0.840. The van der Waals surface area contributed by atoms with Crippen molar-refractivity contribution in [2.45, 2.75) is 26.7 Å². The highest BCUT2D eigenvalue weighted by molar-refractivity contribution is 6.39. The van der Waals surface area contributed by atoms with Crippen LogP contribution < -0.4 is 11.1 Å². The molecule has 1 aromatic rings. The molecule has 0 aliphatic heterocycles. The predicted molar refractivity (Wildman–Crippen MR) is 81.7 cm³/mol. The van der Waals surface area contributed by atoms with Crippen LogP contribution in [0.15, 0.2) is 12.1 Å². The zero-order valence-corrected chi connectivity index (χ0v) is 13.1. The fourth-order valence-electron chi connectivity index (χ4n) is 2.04. The molecular weight excluding hydrogens is 302 g/mol. The molecule has 0 saturated carbocycles. The van der Waals surface area contributed by atoms with Gasteiger partial charge in [-0.15, -0.1) is 0 Å². The Morgan fingerprint density at radius 2 is 1.90 bits per heavy atom. The van der Waals surface area contributed by atoms with Crippen molar-refractivity contribution >= 4 is 34.8 Å². The Kier molecular flexibility index (Phi) is 6.72. The lowest BCUT2D eigenvalue weighted by molar-refractivity contribution is -0.117. The number of benzene rings is 1. The number of anilines is 1. The molecule has 0 fully saturated rings. The van der Waals surface area contributed by atoms with Crippen LogP contribution in [0, 0.1) is 17.7 Å². The van der Waals surface area contributed by atoms with E-state index in [0.29, 0.717) is 18.9 Å². The van der Waals surface area contributed by atoms with E-state index >= 15 is 0 Å². The smallest absolute Gasteiger partial charge is 0.224 e. The predicted octanol–water partition coefficient (Wildman–Crippen LogP) is 4.08. The standard InChI is InChI=1S/C14H19Cl2FN2O/c1-8(2)3-9(7-18)4-13(20)19-14-11(15)5-10(17)6-12(14)16/h5-6,8-9H,3-4,7,18H2,1-2H3,(H,19,20). The third-order valence-electron chi connectivity index (χ3n) is 2.88. The molecule has 0 spiro atoms. The summed E-state index contributed by atoms with van der Waals surface area (Å²) < 4.78 is 13.1. The number of halogens is 3. The third-order valence-corrected chi connectivity index (χ3v) is 3.48. The van der Waals surface area contributed by atoms with Crippen molar-refractivity contribution in [3.63, 3.8) is 0 Å². The summed E-state index contributed by atoms with van der Waals surface area (Å²) in [6.07, 6.45) is 1.16. The Labute approximate surface area is 128 Å². The summed E-state index contributed by atoms with van der Waals surface area (Å²) in [6, 6.07) is 2.22. The van der Waals surface area contributed by atoms with Crippen molar-refractivity contribution in [3.05, 3.63) is 28.0 Å². The number of carbonyl (C=O) groups excluding carboxylic acids is 1. The lowest BCUT2D eigenvalue weighted by atomic mass is 9.94. The summed E-state index contributed by atoms with van der Waals surface area (Å²) >= 11 is 11.7. The number of hydrogen-bond acceptors (Lipinski definition) is 2. The molecule has 6 heteroatoms. The van der Waals surface area contributed by atoms with Gasteiger partial charge in [-0.05, 0) is 36.9 Å². The van der Waals surface area contributed by atoms with E-state index in [9.17, 15) is 9.18 Å². The Morgan fingerprint density at radius 3 is 2.35 bits per heavy atom. The average molecular weight is 321 g/mol. The van der Waals surface area contributed by atoms with Crippen LogP contribution in [0.25, 0.3) is 0 Å². The van der Waals surface area contributed by atoms with Gasteiger partial charge in [-0.2, -0.15) is 0 Å². The summed E-state index contributed by atoms with van der Waals surface area (Å²) in [5.74, 6) is -0.198. The van der Waals surface area contributed by atoms with Gasteiger partial charge >= 0.3 is 0 Å². The van der Waals surface area contributed by atoms with E-state index in [4.69, 9.17) is 28.9 Å². The molecule has 0 aliphatic carbocycles. The van der Waals surface area contributed by atoms with Gasteiger partial charge in [-0.3, -0.25) is 4.79 Å². The van der Waals surface area contributed by atoms with Crippen LogP contribution in [-0.2, 0) is 4.79 Å². The number of nitrogens with two attached hydrogens (primary N) is 1. The largest absolute Gasteiger partial charge is 0.330 e. The van der Waals surface area contributed by atoms with Gasteiger partial charge < -0.3 is 11.1 Å². The first-order valence-corrected chi connectivity index (χ1v) is 7.23. The number of hydrogen-bond donors (Lipinski definition) is 2. The van der Waals surface area contributed by atoms with Crippen molar-refractivity contribution in [2.75, 3.05) is 11.9 Å². The Morgan fingerprint density at radius 1 is 1.35 bits per heavy atom. The first-order chi connectivity index (χ1) is 9.33. The maximum absolute atomic E-state index is 13.1. The molecule has 0 saturated heterocycles. The van der Waals surface area contributed by atoms with E-state index in [1.54, 1.807) is 0 Å². The van der Waals surface area contributed by atoms with Crippen LogP contribution >= 0.6 is 23.2 Å². The van der Waals surface area contributed by atoms with E-state index in [0.717, 1.165) is 18.6 Å².